The van der Waals surface area contributed by atoms with Crippen molar-refractivity contribution < 1.29 is 22.7 Å². The molecule has 4 rings (SSSR count). The molecule has 38 heavy (non-hydrogen) atoms. The molecule has 0 aliphatic heterocycles. The molecular formula is C27H29N5O5S. The second kappa shape index (κ2) is 11.4. The SMILES string of the molecule is CN[C@@H](C)C(=O)Nc1cccc(S(=O)(=O)Cc2nc3ccccc3nc2Nc2cc(OC)cc(OC)c2)c1. The van der Waals surface area contributed by atoms with Crippen LogP contribution in [0.5, 0.6) is 11.5 Å². The molecule has 198 valence electrons. The highest BCUT2D eigenvalue weighted by atomic mass is 32.2. The van der Waals surface area contributed by atoms with Crippen LogP contribution in [0.1, 0.15) is 12.6 Å². The number of nitrogens with one attached hydrogen (secondary N) is 3. The number of ether oxygens (including phenoxy) is 2. The molecule has 4 aromatic rings. The van der Waals surface area contributed by atoms with Crippen molar-refractivity contribution in [1.82, 2.24) is 15.3 Å². The predicted molar refractivity (Wildman–Crippen MR) is 147 cm³/mol. The molecule has 10 nitrogen and oxygen atoms in total. The summed E-state index contributed by atoms with van der Waals surface area (Å²) in [6.07, 6.45) is 0. The maximum Gasteiger partial charge on any atom is 0.241 e. The van der Waals surface area contributed by atoms with Crippen molar-refractivity contribution in [1.29, 1.82) is 0 Å². The number of amides is 1. The normalized spacial score (nSPS) is 12.1. The third-order valence-corrected chi connectivity index (χ3v) is 7.50. The van der Waals surface area contributed by atoms with E-state index in [0.29, 0.717) is 33.9 Å². The fourth-order valence-corrected chi connectivity index (χ4v) is 4.99. The number of nitrogens with zero attached hydrogens (tertiary/aromatic N) is 2. The molecule has 0 unspecified atom stereocenters. The molecule has 3 N–H and O–H groups in total. The quantitative estimate of drug-likeness (QED) is 0.277. The van der Waals surface area contributed by atoms with Crippen LogP contribution in [0, 0.1) is 0 Å². The number of likely N-dealkylation sites (N-methyl/N-ethyl adjacent to an activating group) is 1. The maximum absolute atomic E-state index is 13.5. The summed E-state index contributed by atoms with van der Waals surface area (Å²) in [5.41, 5.74) is 2.38. The number of methoxy groups -OCH3 is 2. The van der Waals surface area contributed by atoms with Gasteiger partial charge in [-0.1, -0.05) is 18.2 Å². The van der Waals surface area contributed by atoms with Crippen molar-refractivity contribution in [3.05, 3.63) is 72.4 Å². The largest absolute Gasteiger partial charge is 0.497 e. The van der Waals surface area contributed by atoms with Crippen LogP contribution in [0.2, 0.25) is 0 Å². The number of rotatable bonds is 10. The summed E-state index contributed by atoms with van der Waals surface area (Å²) in [5.74, 6) is 0.707. The van der Waals surface area contributed by atoms with Crippen molar-refractivity contribution in [2.45, 2.75) is 23.6 Å². The second-order valence-corrected chi connectivity index (χ2v) is 10.5. The van der Waals surface area contributed by atoms with Gasteiger partial charge in [0.2, 0.25) is 5.91 Å². The minimum atomic E-state index is -3.87. The first-order chi connectivity index (χ1) is 18.2. The van der Waals surface area contributed by atoms with Gasteiger partial charge in [0, 0.05) is 29.6 Å². The van der Waals surface area contributed by atoms with E-state index in [0.717, 1.165) is 0 Å². The molecule has 11 heteroatoms. The van der Waals surface area contributed by atoms with Crippen LogP contribution in [-0.2, 0) is 20.4 Å². The third-order valence-electron chi connectivity index (χ3n) is 5.87. The van der Waals surface area contributed by atoms with Gasteiger partial charge in [0.15, 0.2) is 15.7 Å². The number of hydrogen-bond acceptors (Lipinski definition) is 9. The molecule has 0 radical (unpaired) electrons. The van der Waals surface area contributed by atoms with E-state index < -0.39 is 21.6 Å². The average Bonchev–Trinajstić information content (AvgIpc) is 2.92. The Hall–Kier alpha value is -4.22. The number of aromatic nitrogens is 2. The van der Waals surface area contributed by atoms with Crippen LogP contribution >= 0.6 is 0 Å². The summed E-state index contributed by atoms with van der Waals surface area (Å²) in [6, 6.07) is 18.1. The molecule has 1 amide bonds. The molecule has 0 aliphatic rings. The van der Waals surface area contributed by atoms with E-state index >= 15 is 0 Å². The van der Waals surface area contributed by atoms with Gasteiger partial charge in [0.1, 0.15) is 17.3 Å². The van der Waals surface area contributed by atoms with Gasteiger partial charge < -0.3 is 25.4 Å². The number of para-hydroxylation sites is 2. The minimum Gasteiger partial charge on any atom is -0.497 e. The summed E-state index contributed by atoms with van der Waals surface area (Å²) < 4.78 is 37.7. The lowest BCUT2D eigenvalue weighted by molar-refractivity contribution is -0.117. The molecule has 1 atom stereocenters. The Labute approximate surface area is 221 Å². The van der Waals surface area contributed by atoms with Crippen LogP contribution in [0.25, 0.3) is 11.0 Å². The van der Waals surface area contributed by atoms with E-state index in [-0.39, 0.29) is 22.3 Å². The summed E-state index contributed by atoms with van der Waals surface area (Å²) in [4.78, 5) is 21.6. The molecule has 3 aromatic carbocycles. The highest BCUT2D eigenvalue weighted by molar-refractivity contribution is 7.90. The number of fused-ring (bicyclic) bond motifs is 1. The number of carbonyl (C=O) groups is 1. The van der Waals surface area contributed by atoms with Crippen molar-refractivity contribution in [3.63, 3.8) is 0 Å². The molecule has 0 saturated carbocycles. The van der Waals surface area contributed by atoms with Crippen LogP contribution < -0.4 is 25.4 Å². The Bertz CT molecular complexity index is 1550. The first-order valence-corrected chi connectivity index (χ1v) is 13.4. The molecule has 0 saturated heterocycles. The predicted octanol–water partition coefficient (Wildman–Crippen LogP) is 3.91. The Morgan fingerprint density at radius 2 is 1.55 bits per heavy atom. The van der Waals surface area contributed by atoms with Gasteiger partial charge in [0.25, 0.3) is 0 Å². The van der Waals surface area contributed by atoms with E-state index in [1.54, 1.807) is 70.7 Å². The van der Waals surface area contributed by atoms with Crippen molar-refractivity contribution in [3.8, 4) is 11.5 Å². The van der Waals surface area contributed by atoms with Gasteiger partial charge >= 0.3 is 0 Å². The van der Waals surface area contributed by atoms with E-state index in [4.69, 9.17) is 9.47 Å². The lowest BCUT2D eigenvalue weighted by Gasteiger charge is -2.15. The average molecular weight is 536 g/mol. The fraction of sp³-hybridized carbons (Fsp3) is 0.222. The highest BCUT2D eigenvalue weighted by Crippen LogP contribution is 2.30. The molecule has 0 aliphatic carbocycles. The number of sulfone groups is 1. The lowest BCUT2D eigenvalue weighted by atomic mass is 10.2. The van der Waals surface area contributed by atoms with Gasteiger partial charge in [-0.15, -0.1) is 0 Å². The zero-order valence-corrected chi connectivity index (χ0v) is 22.3. The van der Waals surface area contributed by atoms with Crippen molar-refractivity contribution >= 4 is 44.0 Å². The number of anilines is 3. The third kappa shape index (κ3) is 6.18. The summed E-state index contributed by atoms with van der Waals surface area (Å²) >= 11 is 0. The lowest BCUT2D eigenvalue weighted by Crippen LogP contribution is -2.35. The smallest absolute Gasteiger partial charge is 0.241 e. The van der Waals surface area contributed by atoms with Gasteiger partial charge in [-0.05, 0) is 44.3 Å². The van der Waals surface area contributed by atoms with Gasteiger partial charge in [-0.25, -0.2) is 18.4 Å². The van der Waals surface area contributed by atoms with E-state index in [9.17, 15) is 13.2 Å². The standard InChI is InChI=1S/C27H29N5O5S/c1-17(28-2)27(33)30-18-8-7-9-22(14-18)38(34,35)16-25-26(32-24-11-6-5-10-23(24)31-25)29-19-12-20(36-3)15-21(13-19)37-4/h5-15,17,28H,16H2,1-4H3,(H,29,32)(H,30,33)/t17-/m0/s1. The number of benzene rings is 3. The zero-order chi connectivity index (χ0) is 27.3. The van der Waals surface area contributed by atoms with Crippen LogP contribution in [0.15, 0.2) is 71.6 Å². The second-order valence-electron chi connectivity index (χ2n) is 8.52. The molecule has 1 aromatic heterocycles. The molecule has 0 spiro atoms. The van der Waals surface area contributed by atoms with Gasteiger partial charge in [-0.2, -0.15) is 0 Å². The summed E-state index contributed by atoms with van der Waals surface area (Å²) in [6.45, 7) is 1.71. The number of hydrogen-bond donors (Lipinski definition) is 3. The zero-order valence-electron chi connectivity index (χ0n) is 21.5. The minimum absolute atomic E-state index is 0.0522. The van der Waals surface area contributed by atoms with E-state index in [2.05, 4.69) is 25.9 Å². The molecule has 0 fully saturated rings. The molecular weight excluding hydrogens is 506 g/mol. The van der Waals surface area contributed by atoms with Crippen molar-refractivity contribution in [2.24, 2.45) is 0 Å². The molecule has 0 bridgehead atoms. The topological polar surface area (TPSA) is 132 Å². The van der Waals surface area contributed by atoms with Crippen LogP contribution in [-0.4, -0.2) is 51.6 Å². The first kappa shape index (κ1) is 26.8. The summed E-state index contributed by atoms with van der Waals surface area (Å²) in [7, 11) is 0.892. The Morgan fingerprint density at radius 1 is 0.895 bits per heavy atom. The Morgan fingerprint density at radius 3 is 2.18 bits per heavy atom. The molecule has 1 heterocycles. The summed E-state index contributed by atoms with van der Waals surface area (Å²) in [5, 5.41) is 8.76. The van der Waals surface area contributed by atoms with Crippen LogP contribution in [0.3, 0.4) is 0 Å². The van der Waals surface area contributed by atoms with Crippen molar-refractivity contribution in [2.75, 3.05) is 31.9 Å². The van der Waals surface area contributed by atoms with Crippen LogP contribution in [0.4, 0.5) is 17.2 Å². The first-order valence-electron chi connectivity index (χ1n) is 11.8. The Kier molecular flexibility index (Phi) is 8.08. The number of carbonyl (C=O) groups excluding carboxylic acids is 1. The monoisotopic (exact) mass is 535 g/mol. The van der Waals surface area contributed by atoms with Gasteiger partial charge in [-0.3, -0.25) is 4.79 Å². The van der Waals surface area contributed by atoms with E-state index in [1.807, 2.05) is 12.1 Å². The van der Waals surface area contributed by atoms with E-state index in [1.165, 1.54) is 12.1 Å². The Balaban J connectivity index is 1.71. The maximum atomic E-state index is 13.5. The fourth-order valence-electron chi connectivity index (χ4n) is 3.67. The highest BCUT2D eigenvalue weighted by Gasteiger charge is 2.22. The van der Waals surface area contributed by atoms with Gasteiger partial charge in [0.05, 0.1) is 41.9 Å².